The van der Waals surface area contributed by atoms with Gasteiger partial charge in [-0.15, -0.1) is 0 Å². The Balaban J connectivity index is 1.48. The molecule has 0 aromatic carbocycles. The van der Waals surface area contributed by atoms with E-state index in [4.69, 9.17) is 4.74 Å². The minimum Gasteiger partial charge on any atom is -0.460 e. The Morgan fingerprint density at radius 3 is 2.36 bits per heavy atom. The van der Waals surface area contributed by atoms with Gasteiger partial charge in [0.2, 0.25) is 0 Å². The Bertz CT molecular complexity index is 740. The molecule has 1 aliphatic carbocycles. The van der Waals surface area contributed by atoms with Crippen LogP contribution in [0, 0.1) is 13.8 Å². The van der Waals surface area contributed by atoms with Crippen LogP contribution in [-0.2, 0) is 9.59 Å². The molecule has 0 unspecified atom stereocenters. The maximum Gasteiger partial charge on any atom is 0.324 e. The van der Waals surface area contributed by atoms with Gasteiger partial charge in [0.1, 0.15) is 6.10 Å². The van der Waals surface area contributed by atoms with Crippen molar-refractivity contribution >= 4 is 17.8 Å². The summed E-state index contributed by atoms with van der Waals surface area (Å²) in [6.07, 6.45) is 3.00. The molecule has 2 heterocycles. The van der Waals surface area contributed by atoms with Gasteiger partial charge in [0.25, 0.3) is 0 Å². The average Bonchev–Trinajstić information content (AvgIpc) is 2.64. The van der Waals surface area contributed by atoms with Crippen molar-refractivity contribution < 1.29 is 19.1 Å². The Hall–Kier alpha value is -2.71. The van der Waals surface area contributed by atoms with Crippen LogP contribution in [0.4, 0.5) is 4.79 Å². The maximum absolute atomic E-state index is 12.4. The highest BCUT2D eigenvalue weighted by atomic mass is 16.5. The van der Waals surface area contributed by atoms with Crippen molar-refractivity contribution in [2.24, 2.45) is 0 Å². The van der Waals surface area contributed by atoms with Gasteiger partial charge in [0, 0.05) is 37.1 Å². The van der Waals surface area contributed by atoms with Gasteiger partial charge in [0.15, 0.2) is 0 Å². The van der Waals surface area contributed by atoms with E-state index in [0.717, 1.165) is 42.0 Å². The highest BCUT2D eigenvalue weighted by Crippen LogP contribution is 2.23. The standard InChI is InChI=1S/C19H27N5O4/c1-4-23-9-10-24(17(26)16(23)25)19(27)22-14-5-7-15(8-6-14)28-18-20-12(2)11-13(3)21-18/h11,14-15H,4-10H2,1-3H3,(H,22,27). The summed E-state index contributed by atoms with van der Waals surface area (Å²) in [6, 6.07) is 1.75. The van der Waals surface area contributed by atoms with Crippen LogP contribution in [0.5, 0.6) is 6.01 Å². The topological polar surface area (TPSA) is 105 Å². The Labute approximate surface area is 164 Å². The zero-order chi connectivity index (χ0) is 20.3. The number of carbonyl (C=O) groups excluding carboxylic acids is 3. The zero-order valence-electron chi connectivity index (χ0n) is 16.6. The van der Waals surface area contributed by atoms with Crippen molar-refractivity contribution in [3.63, 3.8) is 0 Å². The SMILES string of the molecule is CCN1CCN(C(=O)NC2CCC(Oc3nc(C)cc(C)n3)CC2)C(=O)C1=O. The van der Waals surface area contributed by atoms with Crippen molar-refractivity contribution in [1.29, 1.82) is 0 Å². The average molecular weight is 389 g/mol. The monoisotopic (exact) mass is 389 g/mol. The molecule has 0 radical (unpaired) electrons. The molecule has 28 heavy (non-hydrogen) atoms. The van der Waals surface area contributed by atoms with Crippen molar-refractivity contribution in [2.45, 2.75) is 58.6 Å². The second-order valence-corrected chi connectivity index (χ2v) is 7.32. The van der Waals surface area contributed by atoms with Crippen LogP contribution in [0.3, 0.4) is 0 Å². The van der Waals surface area contributed by atoms with E-state index in [1.54, 1.807) is 0 Å². The molecular weight excluding hydrogens is 362 g/mol. The van der Waals surface area contributed by atoms with Crippen LogP contribution in [0.1, 0.15) is 44.0 Å². The van der Waals surface area contributed by atoms with E-state index in [0.29, 0.717) is 19.1 Å². The molecule has 2 fully saturated rings. The molecule has 4 amide bonds. The normalized spacial score (nSPS) is 23.0. The molecule has 1 aliphatic heterocycles. The van der Waals surface area contributed by atoms with Crippen LogP contribution in [0.15, 0.2) is 6.07 Å². The zero-order valence-corrected chi connectivity index (χ0v) is 16.6. The van der Waals surface area contributed by atoms with E-state index in [2.05, 4.69) is 15.3 Å². The number of likely N-dealkylation sites (N-methyl/N-ethyl adjacent to an activating group) is 1. The first-order valence-electron chi connectivity index (χ1n) is 9.77. The lowest BCUT2D eigenvalue weighted by Gasteiger charge is -2.34. The molecule has 1 saturated carbocycles. The number of aromatic nitrogens is 2. The summed E-state index contributed by atoms with van der Waals surface area (Å²) in [6.45, 7) is 6.69. The van der Waals surface area contributed by atoms with Crippen molar-refractivity contribution in [1.82, 2.24) is 25.1 Å². The Morgan fingerprint density at radius 1 is 1.11 bits per heavy atom. The number of nitrogens with zero attached hydrogens (tertiary/aromatic N) is 4. The van der Waals surface area contributed by atoms with Crippen LogP contribution in [0.25, 0.3) is 0 Å². The fraction of sp³-hybridized carbons (Fsp3) is 0.632. The molecule has 2 aliphatic rings. The van der Waals surface area contributed by atoms with Crippen molar-refractivity contribution in [3.05, 3.63) is 17.5 Å². The van der Waals surface area contributed by atoms with Gasteiger partial charge < -0.3 is 15.0 Å². The third kappa shape index (κ3) is 4.58. The smallest absolute Gasteiger partial charge is 0.324 e. The maximum atomic E-state index is 12.4. The first kappa shape index (κ1) is 20.0. The van der Waals surface area contributed by atoms with Gasteiger partial charge >= 0.3 is 23.9 Å². The van der Waals surface area contributed by atoms with E-state index in [1.807, 2.05) is 26.8 Å². The second-order valence-electron chi connectivity index (χ2n) is 7.32. The number of aryl methyl sites for hydroxylation is 2. The number of nitrogens with one attached hydrogen (secondary N) is 1. The number of imide groups is 1. The molecule has 1 aromatic rings. The number of urea groups is 1. The largest absolute Gasteiger partial charge is 0.460 e. The Kier molecular flexibility index (Phi) is 6.11. The first-order chi connectivity index (χ1) is 13.4. The molecule has 1 saturated heterocycles. The van der Waals surface area contributed by atoms with Gasteiger partial charge in [-0.05, 0) is 52.5 Å². The van der Waals surface area contributed by atoms with Gasteiger partial charge in [-0.2, -0.15) is 0 Å². The van der Waals surface area contributed by atoms with Crippen LogP contribution in [-0.4, -0.2) is 69.4 Å². The predicted octanol–water partition coefficient (Wildman–Crippen LogP) is 1.18. The minimum absolute atomic E-state index is 0.00524. The number of rotatable bonds is 4. The van der Waals surface area contributed by atoms with Crippen LogP contribution >= 0.6 is 0 Å². The highest BCUT2D eigenvalue weighted by Gasteiger charge is 2.36. The second kappa shape index (κ2) is 8.53. The van der Waals surface area contributed by atoms with E-state index in [9.17, 15) is 14.4 Å². The summed E-state index contributed by atoms with van der Waals surface area (Å²) < 4.78 is 5.89. The molecule has 9 heteroatoms. The summed E-state index contributed by atoms with van der Waals surface area (Å²) in [4.78, 5) is 47.6. The van der Waals surface area contributed by atoms with E-state index in [1.165, 1.54) is 4.90 Å². The molecule has 0 bridgehead atoms. The Morgan fingerprint density at radius 2 is 1.75 bits per heavy atom. The van der Waals surface area contributed by atoms with Crippen LogP contribution in [0.2, 0.25) is 0 Å². The lowest BCUT2D eigenvalue weighted by atomic mass is 9.93. The van der Waals surface area contributed by atoms with Crippen molar-refractivity contribution in [3.8, 4) is 6.01 Å². The van der Waals surface area contributed by atoms with E-state index < -0.39 is 17.8 Å². The summed E-state index contributed by atoms with van der Waals surface area (Å²) >= 11 is 0. The molecular formula is C19H27N5O4. The molecule has 3 rings (SSSR count). The third-order valence-corrected chi connectivity index (χ3v) is 5.17. The molecule has 152 valence electrons. The van der Waals surface area contributed by atoms with Gasteiger partial charge in [0.05, 0.1) is 0 Å². The first-order valence-corrected chi connectivity index (χ1v) is 9.77. The number of piperazine rings is 1. The number of ether oxygens (including phenoxy) is 1. The summed E-state index contributed by atoms with van der Waals surface area (Å²) in [5.41, 5.74) is 1.73. The summed E-state index contributed by atoms with van der Waals surface area (Å²) in [5.74, 6) is -1.37. The minimum atomic E-state index is -0.755. The van der Waals surface area contributed by atoms with Gasteiger partial charge in [-0.25, -0.2) is 14.8 Å². The number of hydrogen-bond acceptors (Lipinski definition) is 6. The predicted molar refractivity (Wildman–Crippen MR) is 101 cm³/mol. The number of carbonyl (C=O) groups is 3. The summed E-state index contributed by atoms with van der Waals surface area (Å²) in [7, 11) is 0. The molecule has 9 nitrogen and oxygen atoms in total. The fourth-order valence-corrected chi connectivity index (χ4v) is 3.64. The third-order valence-electron chi connectivity index (χ3n) is 5.17. The van der Waals surface area contributed by atoms with Gasteiger partial charge in [-0.3, -0.25) is 14.5 Å². The fourth-order valence-electron chi connectivity index (χ4n) is 3.64. The molecule has 1 N–H and O–H groups in total. The van der Waals surface area contributed by atoms with Gasteiger partial charge in [-0.1, -0.05) is 0 Å². The highest BCUT2D eigenvalue weighted by molar-refractivity contribution is 6.38. The summed E-state index contributed by atoms with van der Waals surface area (Å²) in [5, 5.41) is 2.88. The quantitative estimate of drug-likeness (QED) is 0.776. The molecule has 1 aromatic heterocycles. The van der Waals surface area contributed by atoms with Crippen molar-refractivity contribution in [2.75, 3.05) is 19.6 Å². The number of hydrogen-bond donors (Lipinski definition) is 1. The van der Waals surface area contributed by atoms with Crippen LogP contribution < -0.4 is 10.1 Å². The molecule has 0 atom stereocenters. The van der Waals surface area contributed by atoms with E-state index >= 15 is 0 Å². The number of amides is 4. The molecule has 0 spiro atoms. The lowest BCUT2D eigenvalue weighted by molar-refractivity contribution is -0.153. The van der Waals surface area contributed by atoms with E-state index in [-0.39, 0.29) is 18.7 Å². The lowest BCUT2D eigenvalue weighted by Crippen LogP contribution is -2.59.